The maximum Gasteiger partial charge on any atom is 0.251 e. The fourth-order valence-electron chi connectivity index (χ4n) is 3.84. The lowest BCUT2D eigenvalue weighted by atomic mass is 9.81. The van der Waals surface area contributed by atoms with Crippen LogP contribution in [0.15, 0.2) is 53.5 Å². The average molecular weight is 395 g/mol. The highest BCUT2D eigenvalue weighted by Crippen LogP contribution is 2.39. The number of nitrogens with one attached hydrogen (secondary N) is 2. The molecule has 3 N–H and O–H groups in total. The number of nitrogens with zero attached hydrogens (tertiary/aromatic N) is 2. The van der Waals surface area contributed by atoms with Gasteiger partial charge in [0.2, 0.25) is 0 Å². The van der Waals surface area contributed by atoms with Gasteiger partial charge in [-0.1, -0.05) is 24.3 Å². The quantitative estimate of drug-likeness (QED) is 0.694. The summed E-state index contributed by atoms with van der Waals surface area (Å²) in [6.45, 7) is 3.99. The molecule has 0 aromatic heterocycles. The second-order valence-corrected chi connectivity index (χ2v) is 7.26. The number of amidine groups is 1. The van der Waals surface area contributed by atoms with Crippen LogP contribution in [-0.2, 0) is 5.54 Å². The van der Waals surface area contributed by atoms with E-state index in [1.807, 2.05) is 42.2 Å². The van der Waals surface area contributed by atoms with Crippen LogP contribution in [0, 0.1) is 0 Å². The van der Waals surface area contributed by atoms with E-state index < -0.39 is 5.54 Å². The van der Waals surface area contributed by atoms with Crippen LogP contribution in [0.5, 0.6) is 5.75 Å². The molecule has 1 amide bonds. The zero-order chi connectivity index (χ0) is 19.7. The summed E-state index contributed by atoms with van der Waals surface area (Å²) >= 11 is 5.62. The van der Waals surface area contributed by atoms with Gasteiger partial charge < -0.3 is 20.6 Å². The summed E-state index contributed by atoms with van der Waals surface area (Å²) in [5.41, 5.74) is 1.57. The van der Waals surface area contributed by atoms with Gasteiger partial charge in [-0.05, 0) is 61.0 Å². The number of hydrogen-bond acceptors (Lipinski definition) is 4. The first kappa shape index (κ1) is 18.4. The maximum absolute atomic E-state index is 12.4. The van der Waals surface area contributed by atoms with Crippen LogP contribution in [0.4, 0.5) is 0 Å². The second-order valence-electron chi connectivity index (χ2n) is 6.88. The fraction of sp³-hybridized carbons (Fsp3) is 0.286. The van der Waals surface area contributed by atoms with Crippen molar-refractivity contribution in [3.63, 3.8) is 0 Å². The van der Waals surface area contributed by atoms with Crippen LogP contribution in [0.25, 0.3) is 0 Å². The van der Waals surface area contributed by atoms with Gasteiger partial charge in [-0.3, -0.25) is 9.79 Å². The van der Waals surface area contributed by atoms with Gasteiger partial charge in [0.15, 0.2) is 5.11 Å². The molecule has 0 aliphatic carbocycles. The van der Waals surface area contributed by atoms with Crippen molar-refractivity contribution in [1.29, 1.82) is 0 Å². The zero-order valence-electron chi connectivity index (χ0n) is 15.6. The van der Waals surface area contributed by atoms with E-state index in [1.54, 1.807) is 18.2 Å². The van der Waals surface area contributed by atoms with Gasteiger partial charge in [-0.25, -0.2) is 0 Å². The van der Waals surface area contributed by atoms with Crippen molar-refractivity contribution in [2.45, 2.75) is 18.9 Å². The van der Waals surface area contributed by atoms with E-state index in [-0.39, 0.29) is 11.7 Å². The van der Waals surface area contributed by atoms with Crippen molar-refractivity contribution in [1.82, 2.24) is 15.5 Å². The predicted octanol–water partition coefficient (Wildman–Crippen LogP) is 2.38. The van der Waals surface area contributed by atoms with E-state index in [2.05, 4.69) is 10.6 Å². The van der Waals surface area contributed by atoms with Crippen molar-refractivity contribution in [3.8, 4) is 5.75 Å². The van der Waals surface area contributed by atoms with Gasteiger partial charge in [-0.2, -0.15) is 0 Å². The Morgan fingerprint density at radius 3 is 2.82 bits per heavy atom. The second kappa shape index (κ2) is 7.24. The van der Waals surface area contributed by atoms with Gasteiger partial charge in [0.25, 0.3) is 5.91 Å². The Hall–Kier alpha value is -2.93. The van der Waals surface area contributed by atoms with Crippen LogP contribution in [0.2, 0.25) is 0 Å². The molecule has 1 saturated heterocycles. The first-order valence-corrected chi connectivity index (χ1v) is 9.80. The SMILES string of the molecule is CCNC(=O)c1cccc(C2(c3ccc(O)cc3)NC(=S)N3CCCN=C32)c1. The summed E-state index contributed by atoms with van der Waals surface area (Å²) in [7, 11) is 0. The third-order valence-electron chi connectivity index (χ3n) is 5.13. The van der Waals surface area contributed by atoms with Crippen LogP contribution in [0.3, 0.4) is 0 Å². The van der Waals surface area contributed by atoms with E-state index in [0.717, 1.165) is 36.5 Å². The molecule has 2 aliphatic rings. The number of carbonyl (C=O) groups is 1. The van der Waals surface area contributed by atoms with E-state index in [1.165, 1.54) is 0 Å². The molecule has 4 rings (SSSR count). The molecule has 2 heterocycles. The highest BCUT2D eigenvalue weighted by atomic mass is 32.1. The Morgan fingerprint density at radius 1 is 1.29 bits per heavy atom. The largest absolute Gasteiger partial charge is 0.508 e. The summed E-state index contributed by atoms with van der Waals surface area (Å²) in [6.07, 6.45) is 0.940. The third kappa shape index (κ3) is 2.92. The molecular weight excluding hydrogens is 372 g/mol. The highest BCUT2D eigenvalue weighted by Gasteiger charge is 2.50. The van der Waals surface area contributed by atoms with Crippen LogP contribution < -0.4 is 10.6 Å². The monoisotopic (exact) mass is 394 g/mol. The molecule has 6 nitrogen and oxygen atoms in total. The number of aliphatic imine (C=N–C) groups is 1. The van der Waals surface area contributed by atoms with Gasteiger partial charge in [0.05, 0.1) is 0 Å². The van der Waals surface area contributed by atoms with Gasteiger partial charge in [0, 0.05) is 25.2 Å². The summed E-state index contributed by atoms with van der Waals surface area (Å²) < 4.78 is 0. The molecule has 2 aromatic carbocycles. The minimum Gasteiger partial charge on any atom is -0.508 e. The number of carbonyl (C=O) groups excluding carboxylic acids is 1. The Labute approximate surface area is 169 Å². The van der Waals surface area contributed by atoms with E-state index in [9.17, 15) is 9.90 Å². The van der Waals surface area contributed by atoms with Crippen molar-refractivity contribution in [3.05, 3.63) is 65.2 Å². The number of aromatic hydroxyl groups is 1. The number of fused-ring (bicyclic) bond motifs is 1. The first-order chi connectivity index (χ1) is 13.6. The molecule has 144 valence electrons. The van der Waals surface area contributed by atoms with E-state index >= 15 is 0 Å². The van der Waals surface area contributed by atoms with E-state index in [4.69, 9.17) is 17.2 Å². The Balaban J connectivity index is 1.91. The molecule has 1 atom stereocenters. The minimum absolute atomic E-state index is 0.117. The zero-order valence-corrected chi connectivity index (χ0v) is 16.4. The van der Waals surface area contributed by atoms with Crippen molar-refractivity contribution < 1.29 is 9.90 Å². The average Bonchev–Trinajstić information content (AvgIpc) is 3.03. The lowest BCUT2D eigenvalue weighted by Gasteiger charge is -2.33. The summed E-state index contributed by atoms with van der Waals surface area (Å²) in [5, 5.41) is 16.7. The molecule has 2 aromatic rings. The normalized spacial score (nSPS) is 21.0. The molecule has 0 bridgehead atoms. The number of amides is 1. The molecular formula is C21H22N4O2S. The number of rotatable bonds is 4. The number of benzene rings is 2. The molecule has 2 aliphatic heterocycles. The first-order valence-electron chi connectivity index (χ1n) is 9.39. The summed E-state index contributed by atoms with van der Waals surface area (Å²) in [6, 6.07) is 14.6. The molecule has 7 heteroatoms. The van der Waals surface area contributed by atoms with Crippen LogP contribution >= 0.6 is 12.2 Å². The fourth-order valence-corrected chi connectivity index (χ4v) is 4.18. The van der Waals surface area contributed by atoms with Crippen molar-refractivity contribution in [2.24, 2.45) is 4.99 Å². The standard InChI is InChI=1S/C21H22N4O2S/c1-2-22-18(27)14-5-3-6-16(13-14)21(15-7-9-17(26)10-8-15)19-23-11-4-12-25(19)20(28)24-21/h3,5-10,13,26H,2,4,11-12H2,1H3,(H,22,27)(H,24,28). The van der Waals surface area contributed by atoms with E-state index in [0.29, 0.717) is 17.2 Å². The van der Waals surface area contributed by atoms with Gasteiger partial charge in [0.1, 0.15) is 17.1 Å². The lowest BCUT2D eigenvalue weighted by molar-refractivity contribution is 0.0955. The van der Waals surface area contributed by atoms with Crippen molar-refractivity contribution >= 4 is 29.1 Å². The molecule has 0 radical (unpaired) electrons. The van der Waals surface area contributed by atoms with Crippen LogP contribution in [0.1, 0.15) is 34.8 Å². The summed E-state index contributed by atoms with van der Waals surface area (Å²) in [4.78, 5) is 19.3. The lowest BCUT2D eigenvalue weighted by Crippen LogP contribution is -2.46. The minimum atomic E-state index is -0.798. The molecule has 1 fully saturated rings. The topological polar surface area (TPSA) is 77.0 Å². The maximum atomic E-state index is 12.4. The molecule has 0 saturated carbocycles. The predicted molar refractivity (Wildman–Crippen MR) is 113 cm³/mol. The summed E-state index contributed by atoms with van der Waals surface area (Å²) in [5.74, 6) is 0.911. The number of hydrogen-bond donors (Lipinski definition) is 3. The number of thiocarbonyl (C=S) groups is 1. The Bertz CT molecular complexity index is 957. The Morgan fingerprint density at radius 2 is 2.07 bits per heavy atom. The van der Waals surface area contributed by atoms with Crippen LogP contribution in [-0.4, -0.2) is 46.5 Å². The Kier molecular flexibility index (Phi) is 4.77. The third-order valence-corrected chi connectivity index (χ3v) is 5.45. The molecule has 1 unspecified atom stereocenters. The van der Waals surface area contributed by atoms with Gasteiger partial charge in [-0.15, -0.1) is 0 Å². The molecule has 28 heavy (non-hydrogen) atoms. The molecule has 0 spiro atoms. The smallest absolute Gasteiger partial charge is 0.251 e. The number of phenols is 1. The van der Waals surface area contributed by atoms with Crippen molar-refractivity contribution in [2.75, 3.05) is 19.6 Å². The van der Waals surface area contributed by atoms with Gasteiger partial charge >= 0.3 is 0 Å². The number of phenolic OH excluding ortho intramolecular Hbond substituents is 1. The highest BCUT2D eigenvalue weighted by molar-refractivity contribution is 7.80.